The smallest absolute Gasteiger partial charge is 0.307 e. The van der Waals surface area contributed by atoms with Crippen molar-refractivity contribution in [2.24, 2.45) is 0 Å². The zero-order chi connectivity index (χ0) is 14.2. The molecule has 0 atom stereocenters. The van der Waals surface area contributed by atoms with Gasteiger partial charge in [-0.25, -0.2) is 0 Å². The summed E-state index contributed by atoms with van der Waals surface area (Å²) in [6.07, 6.45) is 16.0. The molecule has 0 unspecified atom stereocenters. The van der Waals surface area contributed by atoms with Gasteiger partial charge in [-0.3, -0.25) is 4.79 Å². The van der Waals surface area contributed by atoms with E-state index in [0.29, 0.717) is 13.2 Å². The second kappa shape index (κ2) is 14.5. The number of ether oxygens (including phenoxy) is 1. The summed E-state index contributed by atoms with van der Waals surface area (Å²) in [7, 11) is 0. The van der Waals surface area contributed by atoms with Crippen molar-refractivity contribution in [2.75, 3.05) is 13.2 Å². The standard InChI is InChI=1S/C16H24O3/c1-2-3-4-5-6-7-8-11-14-19-15-12-9-10-13-16(17)18/h4-5,7-8,10,12H,2-3,6,11,13-15H2,1H3,(H,17,18). The van der Waals surface area contributed by atoms with Crippen molar-refractivity contribution in [3.05, 3.63) is 42.2 Å². The summed E-state index contributed by atoms with van der Waals surface area (Å²) in [6.45, 7) is 3.31. The Morgan fingerprint density at radius 1 is 1.16 bits per heavy atom. The highest BCUT2D eigenvalue weighted by Gasteiger charge is 1.86. The van der Waals surface area contributed by atoms with Crippen molar-refractivity contribution in [2.45, 2.75) is 39.0 Å². The summed E-state index contributed by atoms with van der Waals surface area (Å²) in [6, 6.07) is 0. The summed E-state index contributed by atoms with van der Waals surface area (Å²) in [5.74, 6) is -0.847. The first-order chi connectivity index (χ1) is 9.27. The van der Waals surface area contributed by atoms with E-state index in [1.165, 1.54) is 12.5 Å². The van der Waals surface area contributed by atoms with Crippen LogP contribution in [0.25, 0.3) is 0 Å². The van der Waals surface area contributed by atoms with E-state index in [4.69, 9.17) is 9.84 Å². The average Bonchev–Trinajstić information content (AvgIpc) is 2.39. The van der Waals surface area contributed by atoms with Gasteiger partial charge in [0.05, 0.1) is 19.6 Å². The number of aliphatic carboxylic acids is 1. The van der Waals surface area contributed by atoms with E-state index in [1.807, 2.05) is 0 Å². The van der Waals surface area contributed by atoms with Crippen molar-refractivity contribution in [3.63, 3.8) is 0 Å². The minimum Gasteiger partial charge on any atom is -0.481 e. The quantitative estimate of drug-likeness (QED) is 0.350. The van der Waals surface area contributed by atoms with Crippen LogP contribution in [0.5, 0.6) is 0 Å². The molecule has 0 saturated carbocycles. The van der Waals surface area contributed by atoms with E-state index >= 15 is 0 Å². The fourth-order valence-electron chi connectivity index (χ4n) is 1.24. The third kappa shape index (κ3) is 16.4. The molecule has 0 aliphatic heterocycles. The van der Waals surface area contributed by atoms with Gasteiger partial charge in [-0.05, 0) is 31.4 Å². The summed E-state index contributed by atoms with van der Waals surface area (Å²) in [5, 5.41) is 8.38. The molecule has 0 fully saturated rings. The van der Waals surface area contributed by atoms with E-state index in [-0.39, 0.29) is 6.42 Å². The van der Waals surface area contributed by atoms with Gasteiger partial charge in [-0.2, -0.15) is 0 Å². The molecular weight excluding hydrogens is 240 g/mol. The SMILES string of the molecule is CCCC=CCC=CCCOCC=C=CCC(=O)O. The van der Waals surface area contributed by atoms with E-state index in [0.717, 1.165) is 19.3 Å². The van der Waals surface area contributed by atoms with Gasteiger partial charge in [0.1, 0.15) is 0 Å². The Hall–Kier alpha value is -1.57. The zero-order valence-electron chi connectivity index (χ0n) is 11.7. The summed E-state index contributed by atoms with van der Waals surface area (Å²) >= 11 is 0. The van der Waals surface area contributed by atoms with Gasteiger partial charge >= 0.3 is 5.97 Å². The molecule has 0 bridgehead atoms. The number of hydrogen-bond acceptors (Lipinski definition) is 2. The van der Waals surface area contributed by atoms with E-state index in [9.17, 15) is 4.79 Å². The molecule has 0 aliphatic carbocycles. The highest BCUT2D eigenvalue weighted by atomic mass is 16.5. The van der Waals surface area contributed by atoms with Crippen LogP contribution in [0, 0.1) is 0 Å². The van der Waals surface area contributed by atoms with Crippen molar-refractivity contribution in [3.8, 4) is 0 Å². The molecule has 0 aromatic rings. The molecule has 0 radical (unpaired) electrons. The fraction of sp³-hybridized carbons (Fsp3) is 0.500. The second-order valence-electron chi connectivity index (χ2n) is 4.00. The third-order valence-corrected chi connectivity index (χ3v) is 2.20. The predicted molar refractivity (Wildman–Crippen MR) is 78.1 cm³/mol. The molecule has 0 rings (SSSR count). The predicted octanol–water partition coefficient (Wildman–Crippen LogP) is 3.88. The van der Waals surface area contributed by atoms with Crippen LogP contribution in [0.1, 0.15) is 39.0 Å². The number of carboxylic acid groups (broad SMARTS) is 1. The Balaban J connectivity index is 3.37. The molecule has 3 nitrogen and oxygen atoms in total. The Kier molecular flexibility index (Phi) is 13.3. The molecule has 0 spiro atoms. The number of unbranched alkanes of at least 4 members (excludes halogenated alkanes) is 1. The van der Waals surface area contributed by atoms with Crippen LogP contribution in [0.3, 0.4) is 0 Å². The van der Waals surface area contributed by atoms with Crippen molar-refractivity contribution >= 4 is 5.97 Å². The molecule has 0 aromatic carbocycles. The second-order valence-corrected chi connectivity index (χ2v) is 4.00. The summed E-state index contributed by atoms with van der Waals surface area (Å²) in [4.78, 5) is 10.2. The number of carbonyl (C=O) groups is 1. The minimum absolute atomic E-state index is 0.00475. The maximum absolute atomic E-state index is 10.2. The van der Waals surface area contributed by atoms with Crippen LogP contribution in [-0.4, -0.2) is 24.3 Å². The van der Waals surface area contributed by atoms with Gasteiger partial charge < -0.3 is 9.84 Å². The molecule has 0 saturated heterocycles. The Morgan fingerprint density at radius 2 is 1.89 bits per heavy atom. The monoisotopic (exact) mass is 264 g/mol. The van der Waals surface area contributed by atoms with E-state index in [2.05, 4.69) is 37.0 Å². The third-order valence-electron chi connectivity index (χ3n) is 2.20. The molecule has 0 amide bonds. The molecule has 19 heavy (non-hydrogen) atoms. The first-order valence-electron chi connectivity index (χ1n) is 6.76. The van der Waals surface area contributed by atoms with Gasteiger partial charge in [0.15, 0.2) is 0 Å². The van der Waals surface area contributed by atoms with Crippen molar-refractivity contribution in [1.82, 2.24) is 0 Å². The normalized spacial score (nSPS) is 10.8. The summed E-state index contributed by atoms with van der Waals surface area (Å²) in [5.41, 5.74) is 2.76. The summed E-state index contributed by atoms with van der Waals surface area (Å²) < 4.78 is 5.33. The number of carboxylic acids is 1. The molecule has 0 aromatic heterocycles. The average molecular weight is 264 g/mol. The fourth-order valence-corrected chi connectivity index (χ4v) is 1.24. The van der Waals surface area contributed by atoms with Gasteiger partial charge in [0.2, 0.25) is 0 Å². The highest BCUT2D eigenvalue weighted by Crippen LogP contribution is 1.94. The van der Waals surface area contributed by atoms with Gasteiger partial charge in [-0.1, -0.05) is 37.6 Å². The first kappa shape index (κ1) is 17.4. The van der Waals surface area contributed by atoms with E-state index < -0.39 is 5.97 Å². The van der Waals surface area contributed by atoms with Crippen LogP contribution in [0.2, 0.25) is 0 Å². The van der Waals surface area contributed by atoms with Gasteiger partial charge in [0.25, 0.3) is 0 Å². The zero-order valence-corrected chi connectivity index (χ0v) is 11.7. The van der Waals surface area contributed by atoms with Crippen LogP contribution < -0.4 is 0 Å². The maximum atomic E-state index is 10.2. The highest BCUT2D eigenvalue weighted by molar-refractivity contribution is 5.68. The largest absolute Gasteiger partial charge is 0.481 e. The Morgan fingerprint density at radius 3 is 2.58 bits per heavy atom. The molecule has 0 heterocycles. The number of rotatable bonds is 11. The lowest BCUT2D eigenvalue weighted by Gasteiger charge is -1.95. The molecule has 106 valence electrons. The van der Waals surface area contributed by atoms with Crippen LogP contribution in [-0.2, 0) is 9.53 Å². The lowest BCUT2D eigenvalue weighted by molar-refractivity contribution is -0.135. The number of hydrogen-bond donors (Lipinski definition) is 1. The number of allylic oxidation sites excluding steroid dienone is 3. The van der Waals surface area contributed by atoms with E-state index in [1.54, 1.807) is 6.08 Å². The van der Waals surface area contributed by atoms with Gasteiger partial charge in [-0.15, -0.1) is 5.73 Å². The molecule has 0 aliphatic rings. The molecule has 3 heteroatoms. The molecular formula is C16H24O3. The first-order valence-corrected chi connectivity index (χ1v) is 6.76. The minimum atomic E-state index is -0.847. The topological polar surface area (TPSA) is 46.5 Å². The Labute approximate surface area is 116 Å². The van der Waals surface area contributed by atoms with Gasteiger partial charge in [0, 0.05) is 0 Å². The van der Waals surface area contributed by atoms with Crippen LogP contribution >= 0.6 is 0 Å². The van der Waals surface area contributed by atoms with Crippen LogP contribution in [0.4, 0.5) is 0 Å². The van der Waals surface area contributed by atoms with Crippen molar-refractivity contribution < 1.29 is 14.6 Å². The lowest BCUT2D eigenvalue weighted by Crippen LogP contribution is -1.92. The Bertz CT molecular complexity index is 334. The molecule has 1 N–H and O–H groups in total. The maximum Gasteiger partial charge on any atom is 0.307 e. The van der Waals surface area contributed by atoms with Crippen molar-refractivity contribution in [1.29, 1.82) is 0 Å². The lowest BCUT2D eigenvalue weighted by atomic mass is 10.2. The van der Waals surface area contributed by atoms with Crippen LogP contribution in [0.15, 0.2) is 42.2 Å².